The van der Waals surface area contributed by atoms with E-state index in [9.17, 15) is 0 Å². The molecule has 2 nitrogen and oxygen atoms in total. The molecule has 0 spiro atoms. The first-order valence-corrected chi connectivity index (χ1v) is 5.07. The van der Waals surface area contributed by atoms with Crippen LogP contribution in [0.15, 0.2) is 0 Å². The van der Waals surface area contributed by atoms with E-state index in [2.05, 4.69) is 26.1 Å². The zero-order valence-corrected chi connectivity index (χ0v) is 9.03. The summed E-state index contributed by atoms with van der Waals surface area (Å²) in [6.45, 7) is 8.87. The number of hydrogen-bond donors (Lipinski definition) is 1. The topological polar surface area (TPSA) is 21.3 Å². The SMILES string of the molecule is CC(C)COCCNC(C)CCl. The summed E-state index contributed by atoms with van der Waals surface area (Å²) in [5, 5.41) is 3.25. The summed E-state index contributed by atoms with van der Waals surface area (Å²) in [5.41, 5.74) is 0. The molecule has 0 aromatic rings. The van der Waals surface area contributed by atoms with E-state index >= 15 is 0 Å². The highest BCUT2D eigenvalue weighted by Gasteiger charge is 1.97. The van der Waals surface area contributed by atoms with Gasteiger partial charge in [0.2, 0.25) is 0 Å². The van der Waals surface area contributed by atoms with E-state index in [1.807, 2.05) is 0 Å². The largest absolute Gasteiger partial charge is 0.380 e. The van der Waals surface area contributed by atoms with Crippen LogP contribution in [0.3, 0.4) is 0 Å². The Morgan fingerprint density at radius 1 is 1.33 bits per heavy atom. The molecular weight excluding hydrogens is 174 g/mol. The molecule has 0 aliphatic rings. The van der Waals surface area contributed by atoms with Crippen molar-refractivity contribution in [2.45, 2.75) is 26.8 Å². The van der Waals surface area contributed by atoms with Crippen molar-refractivity contribution in [1.29, 1.82) is 0 Å². The van der Waals surface area contributed by atoms with Gasteiger partial charge in [0.1, 0.15) is 0 Å². The van der Waals surface area contributed by atoms with Crippen LogP contribution in [0.1, 0.15) is 20.8 Å². The maximum atomic E-state index is 5.61. The average Bonchev–Trinajstić information content (AvgIpc) is 2.03. The normalized spacial score (nSPS) is 13.8. The van der Waals surface area contributed by atoms with Gasteiger partial charge in [-0.1, -0.05) is 13.8 Å². The number of ether oxygens (including phenoxy) is 1. The smallest absolute Gasteiger partial charge is 0.0591 e. The molecule has 0 radical (unpaired) electrons. The van der Waals surface area contributed by atoms with Crippen molar-refractivity contribution in [3.05, 3.63) is 0 Å². The predicted octanol–water partition coefficient (Wildman–Crippen LogP) is 1.88. The monoisotopic (exact) mass is 193 g/mol. The fraction of sp³-hybridized carbons (Fsp3) is 1.00. The zero-order valence-electron chi connectivity index (χ0n) is 8.27. The van der Waals surface area contributed by atoms with Crippen LogP contribution < -0.4 is 5.32 Å². The van der Waals surface area contributed by atoms with Crippen LogP contribution in [0.5, 0.6) is 0 Å². The van der Waals surface area contributed by atoms with Gasteiger partial charge in [0.05, 0.1) is 6.61 Å². The predicted molar refractivity (Wildman–Crippen MR) is 53.8 cm³/mol. The molecule has 1 N–H and O–H groups in total. The number of halogens is 1. The van der Waals surface area contributed by atoms with E-state index in [1.54, 1.807) is 0 Å². The Hall–Kier alpha value is 0.210. The van der Waals surface area contributed by atoms with Crippen LogP contribution in [0, 0.1) is 5.92 Å². The molecular formula is C9H20ClNO. The molecule has 3 heteroatoms. The third kappa shape index (κ3) is 8.31. The first-order valence-electron chi connectivity index (χ1n) is 4.54. The molecule has 74 valence electrons. The van der Waals surface area contributed by atoms with Crippen molar-refractivity contribution in [2.24, 2.45) is 5.92 Å². The molecule has 0 saturated carbocycles. The van der Waals surface area contributed by atoms with E-state index in [0.29, 0.717) is 17.8 Å². The average molecular weight is 194 g/mol. The molecule has 1 unspecified atom stereocenters. The van der Waals surface area contributed by atoms with Gasteiger partial charge in [-0.05, 0) is 12.8 Å². The van der Waals surface area contributed by atoms with Crippen LogP contribution >= 0.6 is 11.6 Å². The van der Waals surface area contributed by atoms with E-state index in [4.69, 9.17) is 16.3 Å². The van der Waals surface area contributed by atoms with Crippen LogP contribution in [0.2, 0.25) is 0 Å². The highest BCUT2D eigenvalue weighted by atomic mass is 35.5. The molecule has 0 rings (SSSR count). The first kappa shape index (κ1) is 12.2. The molecule has 0 bridgehead atoms. The van der Waals surface area contributed by atoms with E-state index in [-0.39, 0.29) is 0 Å². The fourth-order valence-electron chi connectivity index (χ4n) is 0.751. The lowest BCUT2D eigenvalue weighted by Crippen LogP contribution is -2.30. The lowest BCUT2D eigenvalue weighted by molar-refractivity contribution is 0.111. The summed E-state index contributed by atoms with van der Waals surface area (Å²) < 4.78 is 5.38. The number of hydrogen-bond acceptors (Lipinski definition) is 2. The molecule has 0 aromatic heterocycles. The van der Waals surface area contributed by atoms with Gasteiger partial charge < -0.3 is 10.1 Å². The second-order valence-corrected chi connectivity index (χ2v) is 3.79. The number of alkyl halides is 1. The Labute approximate surface area is 80.6 Å². The number of nitrogens with one attached hydrogen (secondary N) is 1. The van der Waals surface area contributed by atoms with Gasteiger partial charge in [-0.2, -0.15) is 0 Å². The van der Waals surface area contributed by atoms with Crippen molar-refractivity contribution in [1.82, 2.24) is 5.32 Å². The summed E-state index contributed by atoms with van der Waals surface area (Å²) in [4.78, 5) is 0. The van der Waals surface area contributed by atoms with Crippen LogP contribution in [0.4, 0.5) is 0 Å². The highest BCUT2D eigenvalue weighted by molar-refractivity contribution is 6.18. The summed E-state index contributed by atoms with van der Waals surface area (Å²) in [6.07, 6.45) is 0. The Bertz CT molecular complexity index is 98.5. The van der Waals surface area contributed by atoms with Gasteiger partial charge in [-0.15, -0.1) is 11.6 Å². The Kier molecular flexibility index (Phi) is 7.98. The van der Waals surface area contributed by atoms with Crippen LogP contribution in [0.25, 0.3) is 0 Å². The van der Waals surface area contributed by atoms with E-state index < -0.39 is 0 Å². The minimum Gasteiger partial charge on any atom is -0.380 e. The van der Waals surface area contributed by atoms with Crippen LogP contribution in [-0.2, 0) is 4.74 Å². The first-order chi connectivity index (χ1) is 5.66. The van der Waals surface area contributed by atoms with E-state index in [1.165, 1.54) is 0 Å². The standard InChI is InChI=1S/C9H20ClNO/c1-8(2)7-12-5-4-11-9(3)6-10/h8-9,11H,4-7H2,1-3H3. The molecule has 0 heterocycles. The highest BCUT2D eigenvalue weighted by Crippen LogP contribution is 1.91. The third-order valence-corrected chi connectivity index (χ3v) is 1.88. The fourth-order valence-corrected chi connectivity index (χ4v) is 0.860. The molecule has 0 saturated heterocycles. The van der Waals surface area contributed by atoms with E-state index in [0.717, 1.165) is 19.8 Å². The molecule has 1 atom stereocenters. The van der Waals surface area contributed by atoms with Crippen molar-refractivity contribution >= 4 is 11.6 Å². The zero-order chi connectivity index (χ0) is 9.40. The van der Waals surface area contributed by atoms with Crippen molar-refractivity contribution in [3.63, 3.8) is 0 Å². The molecule has 0 aliphatic heterocycles. The van der Waals surface area contributed by atoms with Gasteiger partial charge in [-0.25, -0.2) is 0 Å². The Morgan fingerprint density at radius 2 is 2.00 bits per heavy atom. The maximum absolute atomic E-state index is 5.61. The molecule has 0 aliphatic carbocycles. The second-order valence-electron chi connectivity index (χ2n) is 3.48. The van der Waals surface area contributed by atoms with Crippen LogP contribution in [-0.4, -0.2) is 31.7 Å². The summed E-state index contributed by atoms with van der Waals surface area (Å²) in [6, 6.07) is 0.384. The molecule has 12 heavy (non-hydrogen) atoms. The van der Waals surface area contributed by atoms with Crippen molar-refractivity contribution in [2.75, 3.05) is 25.6 Å². The maximum Gasteiger partial charge on any atom is 0.0591 e. The van der Waals surface area contributed by atoms with Crippen molar-refractivity contribution in [3.8, 4) is 0 Å². The summed E-state index contributed by atoms with van der Waals surface area (Å²) in [5.74, 6) is 1.28. The lowest BCUT2D eigenvalue weighted by atomic mass is 10.2. The minimum absolute atomic E-state index is 0.384. The van der Waals surface area contributed by atoms with Gasteiger partial charge in [0.25, 0.3) is 0 Å². The summed E-state index contributed by atoms with van der Waals surface area (Å²) >= 11 is 5.61. The van der Waals surface area contributed by atoms with Gasteiger partial charge in [0, 0.05) is 25.1 Å². The third-order valence-electron chi connectivity index (χ3n) is 1.42. The summed E-state index contributed by atoms with van der Waals surface area (Å²) in [7, 11) is 0. The number of rotatable bonds is 7. The minimum atomic E-state index is 0.384. The molecule has 0 amide bonds. The second kappa shape index (κ2) is 7.84. The van der Waals surface area contributed by atoms with Gasteiger partial charge in [-0.3, -0.25) is 0 Å². The van der Waals surface area contributed by atoms with Crippen molar-refractivity contribution < 1.29 is 4.74 Å². The molecule has 0 fully saturated rings. The Balaban J connectivity index is 3.00. The van der Waals surface area contributed by atoms with Gasteiger partial charge >= 0.3 is 0 Å². The molecule has 0 aromatic carbocycles. The van der Waals surface area contributed by atoms with Gasteiger partial charge in [0.15, 0.2) is 0 Å². The lowest BCUT2D eigenvalue weighted by Gasteiger charge is -2.11. The quantitative estimate of drug-likeness (QED) is 0.493. The Morgan fingerprint density at radius 3 is 2.50 bits per heavy atom.